The van der Waals surface area contributed by atoms with E-state index in [1.54, 1.807) is 0 Å². The lowest BCUT2D eigenvalue weighted by Gasteiger charge is -2.35. The molecule has 1 aliphatic rings. The molecule has 0 saturated carbocycles. The Labute approximate surface area is 150 Å². The Morgan fingerprint density at radius 1 is 0.960 bits per heavy atom. The lowest BCUT2D eigenvalue weighted by Crippen LogP contribution is -2.50. The fourth-order valence-corrected chi connectivity index (χ4v) is 2.97. The van der Waals surface area contributed by atoms with E-state index in [0.29, 0.717) is 52.0 Å². The summed E-state index contributed by atoms with van der Waals surface area (Å²) in [5, 5.41) is 0. The van der Waals surface area contributed by atoms with Crippen molar-refractivity contribution in [3.05, 3.63) is 29.8 Å². The van der Waals surface area contributed by atoms with E-state index in [4.69, 9.17) is 4.74 Å². The van der Waals surface area contributed by atoms with Gasteiger partial charge in [0.15, 0.2) is 0 Å². The fraction of sp³-hybridized carbons (Fsp3) is 0.600. The lowest BCUT2D eigenvalue weighted by atomic mass is 10.2. The quantitative estimate of drug-likeness (QED) is 0.680. The molecule has 1 aliphatic heterocycles. The molecule has 0 spiro atoms. The van der Waals surface area contributed by atoms with Gasteiger partial charge in [0, 0.05) is 39.0 Å². The summed E-state index contributed by atoms with van der Waals surface area (Å²) in [4.78, 5) is 28.1. The van der Waals surface area contributed by atoms with E-state index >= 15 is 0 Å². The maximum atomic E-state index is 12.3. The predicted molar refractivity (Wildman–Crippen MR) is 98.6 cm³/mol. The number of piperazine rings is 1. The van der Waals surface area contributed by atoms with Crippen LogP contribution in [0.5, 0.6) is 5.75 Å². The number of unbranched alkanes of at least 4 members (excludes halogenated alkanes) is 1. The molecule has 0 aromatic heterocycles. The normalized spacial score (nSPS) is 14.5. The number of carbonyl (C=O) groups excluding carboxylic acids is 2. The highest BCUT2D eigenvalue weighted by Gasteiger charge is 2.23. The van der Waals surface area contributed by atoms with Crippen molar-refractivity contribution in [1.82, 2.24) is 9.80 Å². The molecule has 2 rings (SSSR count). The standard InChI is InChI=1S/C20H30N2O3/c1-3-4-10-19(23)21-12-14-22(15-13-21)20(24)11-7-16-25-18-9-6-5-8-17(18)2/h5-6,8-9H,3-4,7,10-16H2,1-2H3. The molecule has 5 heteroatoms. The van der Waals surface area contributed by atoms with Gasteiger partial charge in [0.2, 0.25) is 11.8 Å². The molecule has 1 heterocycles. The van der Waals surface area contributed by atoms with E-state index in [1.165, 1.54) is 0 Å². The Morgan fingerprint density at radius 3 is 2.08 bits per heavy atom. The highest BCUT2D eigenvalue weighted by Crippen LogP contribution is 2.16. The number of nitrogens with zero attached hydrogens (tertiary/aromatic N) is 2. The molecule has 0 radical (unpaired) electrons. The SMILES string of the molecule is CCCCC(=O)N1CCN(C(=O)CCCOc2ccccc2C)CC1. The third kappa shape index (κ3) is 6.07. The zero-order valence-corrected chi connectivity index (χ0v) is 15.5. The number of rotatable bonds is 8. The second-order valence-corrected chi connectivity index (χ2v) is 6.58. The van der Waals surface area contributed by atoms with Crippen LogP contribution in [0.15, 0.2) is 24.3 Å². The maximum absolute atomic E-state index is 12.3. The number of aryl methyl sites for hydroxylation is 1. The number of amides is 2. The maximum Gasteiger partial charge on any atom is 0.222 e. The van der Waals surface area contributed by atoms with Crippen LogP contribution in [0.2, 0.25) is 0 Å². The van der Waals surface area contributed by atoms with Gasteiger partial charge in [-0.15, -0.1) is 0 Å². The predicted octanol–water partition coefficient (Wildman–Crippen LogP) is 3.02. The van der Waals surface area contributed by atoms with E-state index in [2.05, 4.69) is 6.92 Å². The number of benzene rings is 1. The zero-order chi connectivity index (χ0) is 18.1. The van der Waals surface area contributed by atoms with Crippen molar-refractivity contribution in [3.63, 3.8) is 0 Å². The highest BCUT2D eigenvalue weighted by atomic mass is 16.5. The Hall–Kier alpha value is -2.04. The number of para-hydroxylation sites is 1. The van der Waals surface area contributed by atoms with Gasteiger partial charge >= 0.3 is 0 Å². The van der Waals surface area contributed by atoms with Crippen molar-refractivity contribution < 1.29 is 14.3 Å². The van der Waals surface area contributed by atoms with E-state index in [1.807, 2.05) is 41.0 Å². The van der Waals surface area contributed by atoms with Gasteiger partial charge < -0.3 is 14.5 Å². The van der Waals surface area contributed by atoms with Gasteiger partial charge in [-0.3, -0.25) is 9.59 Å². The fourth-order valence-electron chi connectivity index (χ4n) is 2.97. The molecule has 1 aromatic rings. The molecule has 1 fully saturated rings. The molecular weight excluding hydrogens is 316 g/mol. The Balaban J connectivity index is 1.64. The highest BCUT2D eigenvalue weighted by molar-refractivity contribution is 5.78. The monoisotopic (exact) mass is 346 g/mol. The van der Waals surface area contributed by atoms with Gasteiger partial charge in [0.05, 0.1) is 6.61 Å². The molecule has 0 bridgehead atoms. The summed E-state index contributed by atoms with van der Waals surface area (Å²) in [5.41, 5.74) is 1.11. The third-order valence-corrected chi connectivity index (χ3v) is 4.62. The van der Waals surface area contributed by atoms with Gasteiger partial charge in [0.25, 0.3) is 0 Å². The minimum atomic E-state index is 0.161. The Morgan fingerprint density at radius 2 is 1.52 bits per heavy atom. The Bertz CT molecular complexity index is 566. The summed E-state index contributed by atoms with van der Waals surface area (Å²) in [5.74, 6) is 1.27. The second-order valence-electron chi connectivity index (χ2n) is 6.58. The van der Waals surface area contributed by atoms with Crippen LogP contribution in [0.25, 0.3) is 0 Å². The van der Waals surface area contributed by atoms with Crippen LogP contribution in [0.1, 0.15) is 44.6 Å². The number of hydrogen-bond acceptors (Lipinski definition) is 3. The smallest absolute Gasteiger partial charge is 0.222 e. The second kappa shape index (κ2) is 10.1. The molecule has 0 unspecified atom stereocenters. The van der Waals surface area contributed by atoms with Crippen LogP contribution >= 0.6 is 0 Å². The van der Waals surface area contributed by atoms with E-state index in [0.717, 1.165) is 24.2 Å². The summed E-state index contributed by atoms with van der Waals surface area (Å²) in [6, 6.07) is 7.90. The summed E-state index contributed by atoms with van der Waals surface area (Å²) in [6.45, 7) is 7.27. The van der Waals surface area contributed by atoms with Crippen molar-refractivity contribution in [1.29, 1.82) is 0 Å². The van der Waals surface area contributed by atoms with Crippen molar-refractivity contribution in [2.24, 2.45) is 0 Å². The lowest BCUT2D eigenvalue weighted by molar-refractivity contribution is -0.139. The van der Waals surface area contributed by atoms with Crippen LogP contribution in [-0.2, 0) is 9.59 Å². The summed E-state index contributed by atoms with van der Waals surface area (Å²) >= 11 is 0. The first kappa shape index (κ1) is 19.3. The van der Waals surface area contributed by atoms with Crippen molar-refractivity contribution in [2.75, 3.05) is 32.8 Å². The molecule has 25 heavy (non-hydrogen) atoms. The minimum absolute atomic E-state index is 0.161. The molecule has 0 atom stereocenters. The van der Waals surface area contributed by atoms with Gasteiger partial charge in [-0.1, -0.05) is 31.5 Å². The van der Waals surface area contributed by atoms with Crippen molar-refractivity contribution >= 4 is 11.8 Å². The molecule has 0 N–H and O–H groups in total. The van der Waals surface area contributed by atoms with E-state index in [9.17, 15) is 9.59 Å². The van der Waals surface area contributed by atoms with Gasteiger partial charge in [-0.25, -0.2) is 0 Å². The zero-order valence-electron chi connectivity index (χ0n) is 15.5. The molecule has 5 nitrogen and oxygen atoms in total. The van der Waals surface area contributed by atoms with Crippen molar-refractivity contribution in [3.8, 4) is 5.75 Å². The van der Waals surface area contributed by atoms with Crippen LogP contribution < -0.4 is 4.74 Å². The molecule has 1 aromatic carbocycles. The molecule has 138 valence electrons. The number of carbonyl (C=O) groups is 2. The average molecular weight is 346 g/mol. The number of ether oxygens (including phenoxy) is 1. The van der Waals surface area contributed by atoms with E-state index in [-0.39, 0.29) is 11.8 Å². The summed E-state index contributed by atoms with van der Waals surface area (Å²) < 4.78 is 5.74. The first-order valence-corrected chi connectivity index (χ1v) is 9.35. The molecule has 2 amide bonds. The van der Waals surface area contributed by atoms with Crippen LogP contribution in [-0.4, -0.2) is 54.4 Å². The van der Waals surface area contributed by atoms with Gasteiger partial charge in [-0.2, -0.15) is 0 Å². The molecular formula is C20H30N2O3. The first-order chi connectivity index (χ1) is 12.1. The van der Waals surface area contributed by atoms with Gasteiger partial charge in [0.1, 0.15) is 5.75 Å². The topological polar surface area (TPSA) is 49.9 Å². The minimum Gasteiger partial charge on any atom is -0.493 e. The number of hydrogen-bond donors (Lipinski definition) is 0. The summed E-state index contributed by atoms with van der Waals surface area (Å²) in [7, 11) is 0. The largest absolute Gasteiger partial charge is 0.493 e. The first-order valence-electron chi connectivity index (χ1n) is 9.35. The molecule has 0 aliphatic carbocycles. The van der Waals surface area contributed by atoms with Crippen LogP contribution in [0, 0.1) is 6.92 Å². The molecule has 1 saturated heterocycles. The third-order valence-electron chi connectivity index (χ3n) is 4.62. The van der Waals surface area contributed by atoms with Gasteiger partial charge in [-0.05, 0) is 31.4 Å². The van der Waals surface area contributed by atoms with E-state index < -0.39 is 0 Å². The van der Waals surface area contributed by atoms with Crippen molar-refractivity contribution in [2.45, 2.75) is 46.0 Å². The summed E-state index contributed by atoms with van der Waals surface area (Å²) in [6.07, 6.45) is 3.81. The van der Waals surface area contributed by atoms with Crippen LogP contribution in [0.4, 0.5) is 0 Å². The average Bonchev–Trinajstić information content (AvgIpc) is 2.64. The van der Waals surface area contributed by atoms with Crippen LogP contribution in [0.3, 0.4) is 0 Å². The Kier molecular flexibility index (Phi) is 7.76.